The van der Waals surface area contributed by atoms with Crippen molar-refractivity contribution in [2.24, 2.45) is 0 Å². The number of rotatable bonds is 4. The molecule has 4 aliphatic rings. The Labute approximate surface area is 231 Å². The van der Waals surface area contributed by atoms with Crippen LogP contribution in [0.4, 0.5) is 0 Å². The van der Waals surface area contributed by atoms with Crippen LogP contribution in [0.1, 0.15) is 75.5 Å². The summed E-state index contributed by atoms with van der Waals surface area (Å²) >= 11 is 1.86. The lowest BCUT2D eigenvalue weighted by Gasteiger charge is -2.29. The molecule has 0 saturated carbocycles. The number of carbonyl (C=O) groups excluding carboxylic acids is 3. The third-order valence-electron chi connectivity index (χ3n) is 8.52. The molecule has 200 valence electrons. The van der Waals surface area contributed by atoms with Gasteiger partial charge in [0.1, 0.15) is 16.7 Å². The molecule has 5 heterocycles. The van der Waals surface area contributed by atoms with Crippen molar-refractivity contribution in [2.75, 3.05) is 13.1 Å². The predicted molar refractivity (Wildman–Crippen MR) is 149 cm³/mol. The first-order valence-electron chi connectivity index (χ1n) is 13.9. The highest BCUT2D eigenvalue weighted by atomic mass is 32.1. The molecule has 39 heavy (non-hydrogen) atoms. The summed E-state index contributed by atoms with van der Waals surface area (Å²) in [4.78, 5) is 53.3. The highest BCUT2D eigenvalue weighted by Gasteiger charge is 2.39. The summed E-state index contributed by atoms with van der Waals surface area (Å²) in [6.07, 6.45) is 8.74. The van der Waals surface area contributed by atoms with Gasteiger partial charge in [-0.2, -0.15) is 0 Å². The molecule has 1 aromatic carbocycles. The van der Waals surface area contributed by atoms with Gasteiger partial charge in [-0.3, -0.25) is 24.6 Å². The van der Waals surface area contributed by atoms with Crippen molar-refractivity contribution in [3.63, 3.8) is 0 Å². The van der Waals surface area contributed by atoms with E-state index < -0.39 is 6.04 Å². The lowest BCUT2D eigenvalue weighted by Crippen LogP contribution is -2.52. The van der Waals surface area contributed by atoms with Gasteiger partial charge >= 0.3 is 0 Å². The highest BCUT2D eigenvalue weighted by molar-refractivity contribution is 7.18. The monoisotopic (exact) mass is 541 g/mol. The van der Waals surface area contributed by atoms with Crippen LogP contribution in [-0.2, 0) is 35.5 Å². The SMILES string of the molecule is Cc1nc(C2=CCN(Cc3ccc4c(c3)CN(C3CCC(=O)NC3=O)C4=O)CC2)c2c3c(sc2n1)CCCC3. The van der Waals surface area contributed by atoms with E-state index in [1.54, 1.807) is 4.90 Å². The first kappa shape index (κ1) is 24.6. The molecule has 1 unspecified atom stereocenters. The van der Waals surface area contributed by atoms with Crippen LogP contribution in [0.2, 0.25) is 0 Å². The van der Waals surface area contributed by atoms with E-state index in [-0.39, 0.29) is 24.1 Å². The number of aromatic nitrogens is 2. The summed E-state index contributed by atoms with van der Waals surface area (Å²) < 4.78 is 0. The van der Waals surface area contributed by atoms with Crippen LogP contribution < -0.4 is 5.32 Å². The third-order valence-corrected chi connectivity index (χ3v) is 9.70. The second-order valence-corrected chi connectivity index (χ2v) is 12.2. The van der Waals surface area contributed by atoms with E-state index in [1.165, 1.54) is 40.7 Å². The van der Waals surface area contributed by atoms with Gasteiger partial charge in [0.05, 0.1) is 5.69 Å². The molecule has 0 bridgehead atoms. The van der Waals surface area contributed by atoms with Crippen LogP contribution in [0.5, 0.6) is 0 Å². The van der Waals surface area contributed by atoms with Crippen LogP contribution in [0, 0.1) is 6.92 Å². The second kappa shape index (κ2) is 9.64. The van der Waals surface area contributed by atoms with Crippen molar-refractivity contribution < 1.29 is 14.4 Å². The van der Waals surface area contributed by atoms with Crippen molar-refractivity contribution >= 4 is 44.8 Å². The Hall–Kier alpha value is -3.43. The van der Waals surface area contributed by atoms with Crippen LogP contribution in [0.25, 0.3) is 15.8 Å². The van der Waals surface area contributed by atoms with E-state index in [9.17, 15) is 14.4 Å². The van der Waals surface area contributed by atoms with E-state index in [4.69, 9.17) is 9.97 Å². The molecule has 0 spiro atoms. The Morgan fingerprint density at radius 1 is 1.08 bits per heavy atom. The zero-order valence-electron chi connectivity index (χ0n) is 22.1. The molecule has 1 aliphatic carbocycles. The molecule has 2 aromatic heterocycles. The zero-order chi connectivity index (χ0) is 26.7. The lowest BCUT2D eigenvalue weighted by atomic mass is 9.93. The number of aryl methyl sites for hydroxylation is 3. The Morgan fingerprint density at radius 2 is 1.95 bits per heavy atom. The van der Waals surface area contributed by atoms with Crippen LogP contribution >= 0.6 is 11.3 Å². The van der Waals surface area contributed by atoms with Gasteiger partial charge in [0, 0.05) is 48.4 Å². The fourth-order valence-electron chi connectivity index (χ4n) is 6.55. The molecule has 0 radical (unpaired) electrons. The van der Waals surface area contributed by atoms with Crippen molar-refractivity contribution in [1.29, 1.82) is 0 Å². The number of amides is 3. The summed E-state index contributed by atoms with van der Waals surface area (Å²) in [6, 6.07) is 5.44. The zero-order valence-corrected chi connectivity index (χ0v) is 22.9. The topological polar surface area (TPSA) is 95.5 Å². The standard InChI is InChI=1S/C30H31N5O3S/c1-17-31-27(26-22-4-2-3-5-24(22)39-29(26)32-17)19-10-12-34(13-11-19)15-18-6-7-21-20(14-18)16-35(30(21)38)23-8-9-25(36)33-28(23)37/h6-7,10,14,23H,2-5,8-9,11-13,15-16H2,1H3,(H,33,36,37). The smallest absolute Gasteiger partial charge is 0.255 e. The summed E-state index contributed by atoms with van der Waals surface area (Å²) in [6.45, 7) is 5.01. The molecule has 1 N–H and O–H groups in total. The van der Waals surface area contributed by atoms with Crippen LogP contribution in [0.3, 0.4) is 0 Å². The summed E-state index contributed by atoms with van der Waals surface area (Å²) in [5.41, 5.74) is 6.73. The number of benzene rings is 1. The Balaban J connectivity index is 1.07. The number of thiophene rings is 1. The molecule has 9 heteroatoms. The fourth-order valence-corrected chi connectivity index (χ4v) is 7.86. The van der Waals surface area contributed by atoms with Crippen molar-refractivity contribution in [3.8, 4) is 0 Å². The summed E-state index contributed by atoms with van der Waals surface area (Å²) in [5, 5.41) is 3.66. The molecule has 1 saturated heterocycles. The Bertz CT molecular complexity index is 1570. The summed E-state index contributed by atoms with van der Waals surface area (Å²) in [7, 11) is 0. The number of carbonyl (C=O) groups is 3. The van der Waals surface area contributed by atoms with Crippen molar-refractivity contribution in [2.45, 2.75) is 71.0 Å². The van der Waals surface area contributed by atoms with E-state index in [0.717, 1.165) is 60.0 Å². The number of fused-ring (bicyclic) bond motifs is 4. The predicted octanol–water partition coefficient (Wildman–Crippen LogP) is 3.93. The number of hydrogen-bond donors (Lipinski definition) is 1. The van der Waals surface area contributed by atoms with Gasteiger partial charge in [-0.05, 0) is 73.8 Å². The average molecular weight is 542 g/mol. The minimum absolute atomic E-state index is 0.126. The van der Waals surface area contributed by atoms with Crippen LogP contribution in [0.15, 0.2) is 24.3 Å². The molecule has 7 rings (SSSR count). The number of hydrogen-bond acceptors (Lipinski definition) is 7. The van der Waals surface area contributed by atoms with Crippen LogP contribution in [-0.4, -0.2) is 56.6 Å². The fraction of sp³-hybridized carbons (Fsp3) is 0.433. The number of imide groups is 1. The van der Waals surface area contributed by atoms with Gasteiger partial charge in [0.2, 0.25) is 11.8 Å². The van der Waals surface area contributed by atoms with E-state index in [1.807, 2.05) is 30.4 Å². The summed E-state index contributed by atoms with van der Waals surface area (Å²) in [5.74, 6) is 0.0789. The molecule has 3 amide bonds. The minimum Gasteiger partial charge on any atom is -0.322 e. The average Bonchev–Trinajstić information content (AvgIpc) is 3.45. The van der Waals surface area contributed by atoms with Gasteiger partial charge in [0.15, 0.2) is 0 Å². The molecule has 1 fully saturated rings. The van der Waals surface area contributed by atoms with E-state index >= 15 is 0 Å². The first-order valence-corrected chi connectivity index (χ1v) is 14.7. The van der Waals surface area contributed by atoms with Crippen molar-refractivity contribution in [1.82, 2.24) is 25.1 Å². The quantitative estimate of drug-likeness (QED) is 0.503. The number of nitrogens with one attached hydrogen (secondary N) is 1. The largest absolute Gasteiger partial charge is 0.322 e. The molecular weight excluding hydrogens is 510 g/mol. The Morgan fingerprint density at radius 3 is 2.77 bits per heavy atom. The normalized spacial score (nSPS) is 21.7. The molecule has 8 nitrogen and oxygen atoms in total. The highest BCUT2D eigenvalue weighted by Crippen LogP contribution is 2.39. The van der Waals surface area contributed by atoms with E-state index in [2.05, 4.69) is 22.4 Å². The lowest BCUT2D eigenvalue weighted by molar-refractivity contribution is -0.136. The maximum atomic E-state index is 13.0. The molecule has 3 aromatic rings. The third kappa shape index (κ3) is 4.37. The van der Waals surface area contributed by atoms with Gasteiger partial charge in [-0.15, -0.1) is 11.3 Å². The molecular formula is C30H31N5O3S. The second-order valence-electron chi connectivity index (χ2n) is 11.1. The van der Waals surface area contributed by atoms with Gasteiger partial charge < -0.3 is 4.90 Å². The van der Waals surface area contributed by atoms with E-state index in [0.29, 0.717) is 18.5 Å². The number of nitrogens with zero attached hydrogens (tertiary/aromatic N) is 4. The maximum absolute atomic E-state index is 13.0. The molecule has 3 aliphatic heterocycles. The maximum Gasteiger partial charge on any atom is 0.255 e. The molecule has 1 atom stereocenters. The van der Waals surface area contributed by atoms with Crippen molar-refractivity contribution in [3.05, 3.63) is 62.9 Å². The van der Waals surface area contributed by atoms with Gasteiger partial charge in [0.25, 0.3) is 5.91 Å². The first-order chi connectivity index (χ1) is 18.9. The number of piperidine rings is 1. The van der Waals surface area contributed by atoms with Gasteiger partial charge in [-0.1, -0.05) is 18.2 Å². The minimum atomic E-state index is -0.581. The Kier molecular flexibility index (Phi) is 6.08. The van der Waals surface area contributed by atoms with Gasteiger partial charge in [-0.25, -0.2) is 9.97 Å².